The first-order chi connectivity index (χ1) is 9.51. The van der Waals surface area contributed by atoms with E-state index in [9.17, 15) is 9.90 Å². The van der Waals surface area contributed by atoms with Crippen molar-refractivity contribution in [1.82, 2.24) is 29.8 Å². The Labute approximate surface area is 113 Å². The van der Waals surface area contributed by atoms with Crippen LogP contribution in [0, 0.1) is 0 Å². The first-order valence-corrected chi connectivity index (χ1v) is 5.97. The third-order valence-corrected chi connectivity index (χ3v) is 3.19. The molecule has 0 aliphatic heterocycles. The van der Waals surface area contributed by atoms with Gasteiger partial charge in [0.1, 0.15) is 0 Å². The van der Waals surface area contributed by atoms with Crippen LogP contribution < -0.4 is 0 Å². The van der Waals surface area contributed by atoms with Gasteiger partial charge in [-0.1, -0.05) is 6.07 Å². The maximum Gasteiger partial charge on any atom is 0.331 e. The van der Waals surface area contributed by atoms with Gasteiger partial charge in [0.25, 0.3) is 0 Å². The maximum atomic E-state index is 11.4. The fourth-order valence-electron chi connectivity index (χ4n) is 1.93. The number of aromatic nitrogens is 6. The average Bonchev–Trinajstić information content (AvgIpc) is 3.04. The highest BCUT2D eigenvalue weighted by Gasteiger charge is 2.34. The van der Waals surface area contributed by atoms with E-state index in [1.165, 1.54) is 4.68 Å². The molecule has 0 bridgehead atoms. The quantitative estimate of drug-likeness (QED) is 0.757. The van der Waals surface area contributed by atoms with Crippen LogP contribution in [0.5, 0.6) is 0 Å². The molecule has 3 aromatic rings. The molecule has 0 amide bonds. The Bertz CT molecular complexity index is 788. The molecule has 0 fully saturated rings. The molecule has 0 aliphatic carbocycles. The Morgan fingerprint density at radius 1 is 1.35 bits per heavy atom. The lowest BCUT2D eigenvalue weighted by Gasteiger charge is -2.19. The fourth-order valence-corrected chi connectivity index (χ4v) is 1.93. The van der Waals surface area contributed by atoms with Crippen LogP contribution in [0.3, 0.4) is 0 Å². The Hall–Kier alpha value is -2.77. The monoisotopic (exact) mass is 272 g/mol. The number of hydrogen-bond acceptors (Lipinski definition) is 5. The van der Waals surface area contributed by atoms with Crippen molar-refractivity contribution in [2.45, 2.75) is 19.4 Å². The highest BCUT2D eigenvalue weighted by Crippen LogP contribution is 2.26. The standard InChI is InChI=1S/C12H12N6O2/c1-12(2,11(19)20)18-10(14-15-16-18)8-7-13-17-6-4-3-5-9(8)17/h3-7H,1-2H3,(H,19,20). The van der Waals surface area contributed by atoms with E-state index in [1.807, 2.05) is 18.2 Å². The predicted molar refractivity (Wildman–Crippen MR) is 69.0 cm³/mol. The number of carbonyl (C=O) groups is 1. The van der Waals surface area contributed by atoms with Gasteiger partial charge in [0.15, 0.2) is 11.4 Å². The molecule has 0 aromatic carbocycles. The molecule has 8 nitrogen and oxygen atoms in total. The van der Waals surface area contributed by atoms with Crippen LogP contribution in [0.1, 0.15) is 13.8 Å². The van der Waals surface area contributed by atoms with E-state index in [-0.39, 0.29) is 0 Å². The minimum atomic E-state index is -1.25. The second-order valence-electron chi connectivity index (χ2n) is 4.87. The largest absolute Gasteiger partial charge is 0.479 e. The van der Waals surface area contributed by atoms with Gasteiger partial charge in [-0.3, -0.25) is 0 Å². The molecular weight excluding hydrogens is 260 g/mol. The summed E-state index contributed by atoms with van der Waals surface area (Å²) in [6, 6.07) is 5.60. The summed E-state index contributed by atoms with van der Waals surface area (Å²) in [5.74, 6) is -0.638. The molecule has 102 valence electrons. The lowest BCUT2D eigenvalue weighted by atomic mass is 10.1. The topological polar surface area (TPSA) is 98.2 Å². The summed E-state index contributed by atoms with van der Waals surface area (Å²) in [5, 5.41) is 24.9. The smallest absolute Gasteiger partial charge is 0.331 e. The number of tetrazole rings is 1. The molecule has 0 spiro atoms. The lowest BCUT2D eigenvalue weighted by molar-refractivity contribution is -0.146. The summed E-state index contributed by atoms with van der Waals surface area (Å²) in [4.78, 5) is 11.4. The van der Waals surface area contributed by atoms with Crippen LogP contribution >= 0.6 is 0 Å². The first kappa shape index (κ1) is 12.3. The first-order valence-electron chi connectivity index (χ1n) is 5.97. The molecule has 0 saturated carbocycles. The molecule has 0 aliphatic rings. The van der Waals surface area contributed by atoms with Crippen LogP contribution in [0.25, 0.3) is 16.9 Å². The zero-order chi connectivity index (χ0) is 14.3. The third-order valence-electron chi connectivity index (χ3n) is 3.19. The maximum absolute atomic E-state index is 11.4. The van der Waals surface area contributed by atoms with Gasteiger partial charge in [-0.15, -0.1) is 5.10 Å². The summed E-state index contributed by atoms with van der Waals surface area (Å²) in [6.07, 6.45) is 3.42. The second-order valence-corrected chi connectivity index (χ2v) is 4.87. The predicted octanol–water partition coefficient (Wildman–Crippen LogP) is 0.807. The number of carboxylic acid groups (broad SMARTS) is 1. The fraction of sp³-hybridized carbons (Fsp3) is 0.250. The van der Waals surface area contributed by atoms with Crippen molar-refractivity contribution >= 4 is 11.5 Å². The van der Waals surface area contributed by atoms with Crippen molar-refractivity contribution in [1.29, 1.82) is 0 Å². The minimum Gasteiger partial charge on any atom is -0.479 e. The van der Waals surface area contributed by atoms with Gasteiger partial charge in [-0.2, -0.15) is 5.10 Å². The van der Waals surface area contributed by atoms with Gasteiger partial charge < -0.3 is 5.11 Å². The number of nitrogens with zero attached hydrogens (tertiary/aromatic N) is 6. The highest BCUT2D eigenvalue weighted by molar-refractivity contribution is 5.79. The highest BCUT2D eigenvalue weighted by atomic mass is 16.4. The van der Waals surface area contributed by atoms with Gasteiger partial charge >= 0.3 is 5.97 Å². The summed E-state index contributed by atoms with van der Waals surface area (Å²) in [6.45, 7) is 3.09. The van der Waals surface area contributed by atoms with Crippen LogP contribution in [-0.4, -0.2) is 40.9 Å². The molecule has 8 heteroatoms. The number of aliphatic carboxylic acids is 1. The number of carboxylic acids is 1. The van der Waals surface area contributed by atoms with Gasteiger partial charge in [-0.05, 0) is 36.4 Å². The molecule has 3 aromatic heterocycles. The third kappa shape index (κ3) is 1.65. The second kappa shape index (κ2) is 4.12. The molecule has 0 radical (unpaired) electrons. The van der Waals surface area contributed by atoms with Crippen LogP contribution in [0.2, 0.25) is 0 Å². The van der Waals surface area contributed by atoms with Crippen molar-refractivity contribution in [2.24, 2.45) is 0 Å². The van der Waals surface area contributed by atoms with Crippen molar-refractivity contribution in [2.75, 3.05) is 0 Å². The Morgan fingerprint density at radius 2 is 2.15 bits per heavy atom. The normalized spacial score (nSPS) is 11.9. The van der Waals surface area contributed by atoms with E-state index in [0.29, 0.717) is 11.4 Å². The van der Waals surface area contributed by atoms with Crippen molar-refractivity contribution in [3.63, 3.8) is 0 Å². The van der Waals surface area contributed by atoms with E-state index < -0.39 is 11.5 Å². The Balaban J connectivity index is 2.22. The van der Waals surface area contributed by atoms with E-state index in [4.69, 9.17) is 0 Å². The lowest BCUT2D eigenvalue weighted by Crippen LogP contribution is -2.37. The summed E-state index contributed by atoms with van der Waals surface area (Å²) in [7, 11) is 0. The number of pyridine rings is 1. The zero-order valence-corrected chi connectivity index (χ0v) is 10.9. The van der Waals surface area contributed by atoms with E-state index >= 15 is 0 Å². The molecule has 0 atom stereocenters. The van der Waals surface area contributed by atoms with Crippen LogP contribution in [0.15, 0.2) is 30.6 Å². The van der Waals surface area contributed by atoms with E-state index in [0.717, 1.165) is 5.52 Å². The summed E-state index contributed by atoms with van der Waals surface area (Å²) < 4.78 is 2.97. The van der Waals surface area contributed by atoms with Crippen LogP contribution in [-0.2, 0) is 10.3 Å². The number of hydrogen-bond donors (Lipinski definition) is 1. The van der Waals surface area contributed by atoms with E-state index in [2.05, 4.69) is 20.6 Å². The number of rotatable bonds is 3. The van der Waals surface area contributed by atoms with Crippen LogP contribution in [0.4, 0.5) is 0 Å². The van der Waals surface area contributed by atoms with Crippen molar-refractivity contribution < 1.29 is 9.90 Å². The molecule has 3 heterocycles. The molecule has 20 heavy (non-hydrogen) atoms. The molecule has 0 saturated heterocycles. The zero-order valence-electron chi connectivity index (χ0n) is 10.9. The van der Waals surface area contributed by atoms with Gasteiger partial charge in [0.2, 0.25) is 0 Å². The number of fused-ring (bicyclic) bond motifs is 1. The Kier molecular flexibility index (Phi) is 2.53. The van der Waals surface area contributed by atoms with E-state index in [1.54, 1.807) is 30.8 Å². The average molecular weight is 272 g/mol. The molecule has 0 unspecified atom stereocenters. The SMILES string of the molecule is CC(C)(C(=O)O)n1nnnc1-c1cnn2ccccc12. The Morgan fingerprint density at radius 3 is 2.90 bits per heavy atom. The summed E-state index contributed by atoms with van der Waals surface area (Å²) in [5.41, 5.74) is 0.247. The summed E-state index contributed by atoms with van der Waals surface area (Å²) >= 11 is 0. The van der Waals surface area contributed by atoms with Gasteiger partial charge in [0, 0.05) is 6.20 Å². The molecule has 3 rings (SSSR count). The van der Waals surface area contributed by atoms with Gasteiger partial charge in [0.05, 0.1) is 17.3 Å². The van der Waals surface area contributed by atoms with Crippen molar-refractivity contribution in [3.8, 4) is 11.4 Å². The van der Waals surface area contributed by atoms with Gasteiger partial charge in [-0.25, -0.2) is 14.0 Å². The van der Waals surface area contributed by atoms with Crippen molar-refractivity contribution in [3.05, 3.63) is 30.6 Å². The molecular formula is C12H12N6O2. The molecule has 1 N–H and O–H groups in total. The minimum absolute atomic E-state index is 0.374.